The van der Waals surface area contributed by atoms with Crippen molar-refractivity contribution >= 4 is 11.9 Å². The molecule has 0 aliphatic carbocycles. The van der Waals surface area contributed by atoms with Crippen molar-refractivity contribution in [2.45, 2.75) is 33.2 Å². The number of carboxylic acids is 1. The molecule has 0 fully saturated rings. The lowest BCUT2D eigenvalue weighted by atomic mass is 9.98. The van der Waals surface area contributed by atoms with Crippen molar-refractivity contribution in [2.24, 2.45) is 5.92 Å². The lowest BCUT2D eigenvalue weighted by molar-refractivity contribution is -0.306. The number of nitrogens with zero attached hydrogens (tertiary/aromatic N) is 1. The minimum absolute atomic E-state index is 0.0620. The van der Waals surface area contributed by atoms with Gasteiger partial charge in [-0.15, -0.1) is 0 Å². The molecule has 1 heterocycles. The van der Waals surface area contributed by atoms with Gasteiger partial charge in [-0.05, 0) is 24.0 Å². The van der Waals surface area contributed by atoms with E-state index in [-0.39, 0.29) is 12.3 Å². The lowest BCUT2D eigenvalue weighted by Crippen LogP contribution is -2.35. The van der Waals surface area contributed by atoms with Crippen molar-refractivity contribution in [2.75, 3.05) is 6.54 Å². The third-order valence-corrected chi connectivity index (χ3v) is 3.44. The van der Waals surface area contributed by atoms with E-state index in [0.29, 0.717) is 18.0 Å². The largest absolute Gasteiger partial charge is 0.550 e. The van der Waals surface area contributed by atoms with Gasteiger partial charge >= 0.3 is 0 Å². The SMILES string of the molecule is Cc1cccc2c1C(=O)N(CC(C)C)C2CC(=O)[O-]. The number of benzene rings is 1. The van der Waals surface area contributed by atoms with Crippen molar-refractivity contribution in [3.05, 3.63) is 34.9 Å². The van der Waals surface area contributed by atoms with Gasteiger partial charge in [0.2, 0.25) is 0 Å². The minimum Gasteiger partial charge on any atom is -0.550 e. The lowest BCUT2D eigenvalue weighted by Gasteiger charge is -2.27. The van der Waals surface area contributed by atoms with Crippen LogP contribution < -0.4 is 5.11 Å². The Balaban J connectivity index is 2.44. The van der Waals surface area contributed by atoms with Gasteiger partial charge in [-0.1, -0.05) is 32.0 Å². The maximum absolute atomic E-state index is 12.5. The zero-order chi connectivity index (χ0) is 14.2. The zero-order valence-electron chi connectivity index (χ0n) is 11.5. The molecule has 1 aromatic rings. The molecule has 4 nitrogen and oxygen atoms in total. The second-order valence-corrected chi connectivity index (χ2v) is 5.48. The van der Waals surface area contributed by atoms with E-state index in [2.05, 4.69) is 0 Å². The van der Waals surface area contributed by atoms with Crippen molar-refractivity contribution in [1.82, 2.24) is 4.90 Å². The summed E-state index contributed by atoms with van der Waals surface area (Å²) in [5.74, 6) is -0.892. The minimum atomic E-state index is -1.12. The van der Waals surface area contributed by atoms with E-state index in [1.807, 2.05) is 39.0 Å². The molecule has 1 aliphatic rings. The Bertz CT molecular complexity index is 522. The Kier molecular flexibility index (Phi) is 3.60. The summed E-state index contributed by atoms with van der Waals surface area (Å²) >= 11 is 0. The Morgan fingerprint density at radius 2 is 2.11 bits per heavy atom. The molecule has 1 aromatic carbocycles. The van der Waals surface area contributed by atoms with Gasteiger partial charge in [0.25, 0.3) is 5.91 Å². The first kappa shape index (κ1) is 13.6. The average molecular weight is 260 g/mol. The highest BCUT2D eigenvalue weighted by atomic mass is 16.4. The van der Waals surface area contributed by atoms with Crippen LogP contribution in [0.5, 0.6) is 0 Å². The number of carbonyl (C=O) groups is 2. The molecule has 0 saturated heterocycles. The molecule has 1 unspecified atom stereocenters. The average Bonchev–Trinajstić information content (AvgIpc) is 2.55. The molecule has 19 heavy (non-hydrogen) atoms. The molecule has 0 radical (unpaired) electrons. The Labute approximate surface area is 113 Å². The Morgan fingerprint density at radius 3 is 2.68 bits per heavy atom. The first-order valence-corrected chi connectivity index (χ1v) is 6.52. The van der Waals surface area contributed by atoms with Gasteiger partial charge in [0, 0.05) is 24.5 Å². The van der Waals surface area contributed by atoms with E-state index < -0.39 is 12.0 Å². The second kappa shape index (κ2) is 5.03. The number of fused-ring (bicyclic) bond motifs is 1. The van der Waals surface area contributed by atoms with Crippen LogP contribution in [0, 0.1) is 12.8 Å². The van der Waals surface area contributed by atoms with Crippen molar-refractivity contribution < 1.29 is 14.7 Å². The van der Waals surface area contributed by atoms with Gasteiger partial charge in [-0.2, -0.15) is 0 Å². The van der Waals surface area contributed by atoms with Crippen LogP contribution in [-0.4, -0.2) is 23.3 Å². The second-order valence-electron chi connectivity index (χ2n) is 5.48. The topological polar surface area (TPSA) is 60.4 Å². The van der Waals surface area contributed by atoms with Gasteiger partial charge < -0.3 is 14.8 Å². The van der Waals surface area contributed by atoms with Crippen LogP contribution in [0.4, 0.5) is 0 Å². The molecule has 4 heteroatoms. The molecule has 0 saturated carbocycles. The smallest absolute Gasteiger partial charge is 0.255 e. The first-order chi connectivity index (χ1) is 8.91. The van der Waals surface area contributed by atoms with Gasteiger partial charge in [0.05, 0.1) is 6.04 Å². The van der Waals surface area contributed by atoms with E-state index in [4.69, 9.17) is 0 Å². The van der Waals surface area contributed by atoms with Crippen LogP contribution in [0.1, 0.15) is 47.8 Å². The summed E-state index contributed by atoms with van der Waals surface area (Å²) < 4.78 is 0. The predicted molar refractivity (Wildman–Crippen MR) is 69.4 cm³/mol. The number of carbonyl (C=O) groups excluding carboxylic acids is 2. The third-order valence-electron chi connectivity index (χ3n) is 3.44. The van der Waals surface area contributed by atoms with Gasteiger partial charge in [-0.25, -0.2) is 0 Å². The maximum atomic E-state index is 12.5. The highest BCUT2D eigenvalue weighted by Gasteiger charge is 2.37. The Hall–Kier alpha value is -1.84. The summed E-state index contributed by atoms with van der Waals surface area (Å²) in [6.45, 7) is 6.47. The van der Waals surface area contributed by atoms with E-state index in [1.165, 1.54) is 0 Å². The Morgan fingerprint density at radius 1 is 1.42 bits per heavy atom. The summed E-state index contributed by atoms with van der Waals surface area (Å²) in [6.07, 6.45) is -0.144. The van der Waals surface area contributed by atoms with Crippen molar-refractivity contribution in [3.8, 4) is 0 Å². The standard InChI is InChI=1S/C15H19NO3/c1-9(2)8-16-12(7-13(17)18)11-6-4-5-10(3)14(11)15(16)19/h4-6,9,12H,7-8H2,1-3H3,(H,17,18)/p-1. The molecule has 0 bridgehead atoms. The molecule has 2 rings (SSSR count). The number of carboxylic acid groups (broad SMARTS) is 1. The molecule has 1 aliphatic heterocycles. The number of amides is 1. The van der Waals surface area contributed by atoms with Crippen LogP contribution in [0.15, 0.2) is 18.2 Å². The zero-order valence-corrected chi connectivity index (χ0v) is 11.5. The molecule has 1 atom stereocenters. The summed E-state index contributed by atoms with van der Waals surface area (Å²) in [5.41, 5.74) is 2.38. The monoisotopic (exact) mass is 260 g/mol. The highest BCUT2D eigenvalue weighted by Crippen LogP contribution is 2.37. The molecule has 0 N–H and O–H groups in total. The maximum Gasteiger partial charge on any atom is 0.255 e. The summed E-state index contributed by atoms with van der Waals surface area (Å²) in [7, 11) is 0. The van der Waals surface area contributed by atoms with E-state index in [0.717, 1.165) is 11.1 Å². The number of hydrogen-bond acceptors (Lipinski definition) is 3. The normalized spacial score (nSPS) is 18.0. The van der Waals surface area contributed by atoms with Gasteiger partial charge in [0.1, 0.15) is 0 Å². The highest BCUT2D eigenvalue weighted by molar-refractivity contribution is 6.01. The number of aryl methyl sites for hydroxylation is 1. The van der Waals surface area contributed by atoms with Crippen molar-refractivity contribution in [1.29, 1.82) is 0 Å². The summed E-state index contributed by atoms with van der Waals surface area (Å²) in [5, 5.41) is 10.9. The fourth-order valence-electron chi connectivity index (χ4n) is 2.69. The first-order valence-electron chi connectivity index (χ1n) is 6.52. The molecular formula is C15H18NO3-. The number of rotatable bonds is 4. The fourth-order valence-corrected chi connectivity index (χ4v) is 2.69. The summed E-state index contributed by atoms with van der Waals surface area (Å²) in [4.78, 5) is 25.1. The van der Waals surface area contributed by atoms with Crippen LogP contribution in [0.3, 0.4) is 0 Å². The van der Waals surface area contributed by atoms with E-state index in [9.17, 15) is 14.7 Å². The molecular weight excluding hydrogens is 242 g/mol. The van der Waals surface area contributed by atoms with Crippen LogP contribution in [0.2, 0.25) is 0 Å². The molecule has 0 spiro atoms. The van der Waals surface area contributed by atoms with Gasteiger partial charge in [0.15, 0.2) is 0 Å². The van der Waals surface area contributed by atoms with Crippen molar-refractivity contribution in [3.63, 3.8) is 0 Å². The van der Waals surface area contributed by atoms with E-state index in [1.54, 1.807) is 4.90 Å². The number of hydrogen-bond donors (Lipinski definition) is 0. The molecule has 0 aromatic heterocycles. The number of aliphatic carboxylic acids is 1. The predicted octanol–water partition coefficient (Wildman–Crippen LogP) is 1.29. The quantitative estimate of drug-likeness (QED) is 0.819. The molecule has 102 valence electrons. The van der Waals surface area contributed by atoms with Gasteiger partial charge in [-0.3, -0.25) is 4.79 Å². The fraction of sp³-hybridized carbons (Fsp3) is 0.467. The van der Waals surface area contributed by atoms with Crippen LogP contribution in [0.25, 0.3) is 0 Å². The van der Waals surface area contributed by atoms with Crippen LogP contribution >= 0.6 is 0 Å². The van der Waals surface area contributed by atoms with E-state index >= 15 is 0 Å². The summed E-state index contributed by atoms with van der Waals surface area (Å²) in [6, 6.07) is 5.19. The molecule has 1 amide bonds. The van der Waals surface area contributed by atoms with Crippen LogP contribution in [-0.2, 0) is 4.79 Å². The third kappa shape index (κ3) is 2.48.